The van der Waals surface area contributed by atoms with Gasteiger partial charge in [0.15, 0.2) is 0 Å². The molecule has 0 unspecified atom stereocenters. The number of benzene rings is 3. The summed E-state index contributed by atoms with van der Waals surface area (Å²) in [7, 11) is -7.80. The first kappa shape index (κ1) is 28.1. The van der Waals surface area contributed by atoms with Gasteiger partial charge in [-0.3, -0.25) is 13.8 Å². The lowest BCUT2D eigenvalue weighted by Crippen LogP contribution is -2.37. The van der Waals surface area contributed by atoms with Crippen LogP contribution in [0.25, 0.3) is 0 Å². The lowest BCUT2D eigenvalue weighted by molar-refractivity contribution is -0.114. The van der Waals surface area contributed by atoms with Crippen molar-refractivity contribution < 1.29 is 21.6 Å². The standard InChI is InChI=1S/C23H22Cl3N3O5S2/c1-14-5-4-6-15(2)23(14)28-36(33,34)17-9-7-16(8-10-17)27-22(30)13-29(35(3,31)32)21-12-19(25)18(24)11-20(21)26/h4-12,28H,13H2,1-3H3,(H,27,30). The number of aryl methyl sites for hydroxylation is 2. The third kappa shape index (κ3) is 6.63. The molecule has 0 bridgehead atoms. The molecule has 0 saturated carbocycles. The molecule has 0 aliphatic carbocycles. The van der Waals surface area contributed by atoms with Crippen molar-refractivity contribution in [3.05, 3.63) is 80.8 Å². The molecule has 3 aromatic rings. The molecule has 3 rings (SSSR count). The minimum absolute atomic E-state index is 0.00595. The Kier molecular flexibility index (Phi) is 8.47. The van der Waals surface area contributed by atoms with Gasteiger partial charge < -0.3 is 5.32 Å². The second kappa shape index (κ2) is 10.9. The summed E-state index contributed by atoms with van der Waals surface area (Å²) >= 11 is 18.1. The summed E-state index contributed by atoms with van der Waals surface area (Å²) in [5.74, 6) is -0.688. The van der Waals surface area contributed by atoms with Crippen molar-refractivity contribution in [3.8, 4) is 0 Å². The van der Waals surface area contributed by atoms with E-state index in [1.807, 2.05) is 6.07 Å². The number of hydrogen-bond donors (Lipinski definition) is 2. The van der Waals surface area contributed by atoms with E-state index in [0.717, 1.165) is 21.7 Å². The predicted molar refractivity (Wildman–Crippen MR) is 145 cm³/mol. The smallest absolute Gasteiger partial charge is 0.261 e. The predicted octanol–water partition coefficient (Wildman–Crippen LogP) is 5.47. The zero-order valence-electron chi connectivity index (χ0n) is 19.3. The van der Waals surface area contributed by atoms with Crippen LogP contribution in [0.2, 0.25) is 15.1 Å². The van der Waals surface area contributed by atoms with Gasteiger partial charge in [0.1, 0.15) is 6.54 Å². The van der Waals surface area contributed by atoms with Crippen LogP contribution in [0.1, 0.15) is 11.1 Å². The topological polar surface area (TPSA) is 113 Å². The van der Waals surface area contributed by atoms with E-state index in [9.17, 15) is 21.6 Å². The number of nitrogens with one attached hydrogen (secondary N) is 2. The molecule has 8 nitrogen and oxygen atoms in total. The molecule has 0 aliphatic heterocycles. The fourth-order valence-corrected chi connectivity index (χ4v) is 6.06. The minimum atomic E-state index is -3.92. The number of hydrogen-bond acceptors (Lipinski definition) is 5. The van der Waals surface area contributed by atoms with E-state index < -0.39 is 32.5 Å². The largest absolute Gasteiger partial charge is 0.325 e. The van der Waals surface area contributed by atoms with Crippen LogP contribution in [0.15, 0.2) is 59.5 Å². The molecule has 0 aromatic heterocycles. The van der Waals surface area contributed by atoms with Crippen LogP contribution in [0.3, 0.4) is 0 Å². The molecule has 3 aromatic carbocycles. The van der Waals surface area contributed by atoms with Crippen molar-refractivity contribution in [2.24, 2.45) is 0 Å². The monoisotopic (exact) mass is 589 g/mol. The summed E-state index contributed by atoms with van der Waals surface area (Å²) in [5, 5.41) is 2.73. The Bertz CT molecular complexity index is 1510. The van der Waals surface area contributed by atoms with Gasteiger partial charge in [-0.2, -0.15) is 0 Å². The maximum atomic E-state index is 12.8. The van der Waals surface area contributed by atoms with E-state index in [0.29, 0.717) is 5.69 Å². The normalized spacial score (nSPS) is 11.7. The lowest BCUT2D eigenvalue weighted by atomic mass is 10.1. The van der Waals surface area contributed by atoms with E-state index in [1.165, 1.54) is 36.4 Å². The van der Waals surface area contributed by atoms with Crippen molar-refractivity contribution in [2.45, 2.75) is 18.7 Å². The summed E-state index contributed by atoms with van der Waals surface area (Å²) in [6, 6.07) is 13.4. The number of anilines is 3. The van der Waals surface area contributed by atoms with E-state index in [-0.39, 0.29) is 31.3 Å². The second-order valence-electron chi connectivity index (χ2n) is 7.93. The van der Waals surface area contributed by atoms with Gasteiger partial charge in [0.25, 0.3) is 10.0 Å². The highest BCUT2D eigenvalue weighted by atomic mass is 35.5. The van der Waals surface area contributed by atoms with Crippen molar-refractivity contribution >= 4 is 77.8 Å². The first-order chi connectivity index (χ1) is 16.7. The van der Waals surface area contributed by atoms with Crippen molar-refractivity contribution in [2.75, 3.05) is 27.1 Å². The second-order valence-corrected chi connectivity index (χ2v) is 12.7. The SMILES string of the molecule is Cc1cccc(C)c1NS(=O)(=O)c1ccc(NC(=O)CN(c2cc(Cl)c(Cl)cc2Cl)S(C)(=O)=O)cc1. The van der Waals surface area contributed by atoms with Gasteiger partial charge in [-0.05, 0) is 61.4 Å². The zero-order chi connectivity index (χ0) is 26.8. The molecule has 36 heavy (non-hydrogen) atoms. The third-order valence-electron chi connectivity index (χ3n) is 5.11. The fraction of sp³-hybridized carbons (Fsp3) is 0.174. The van der Waals surface area contributed by atoms with Gasteiger partial charge in [-0.15, -0.1) is 0 Å². The van der Waals surface area contributed by atoms with E-state index in [2.05, 4.69) is 10.0 Å². The van der Waals surface area contributed by atoms with Crippen LogP contribution in [0.4, 0.5) is 17.1 Å². The van der Waals surface area contributed by atoms with Gasteiger partial charge in [-0.25, -0.2) is 16.8 Å². The third-order valence-corrected chi connectivity index (χ3v) is 8.63. The molecule has 0 heterocycles. The van der Waals surface area contributed by atoms with Crippen LogP contribution in [-0.2, 0) is 24.8 Å². The van der Waals surface area contributed by atoms with Crippen molar-refractivity contribution in [1.29, 1.82) is 0 Å². The van der Waals surface area contributed by atoms with Crippen LogP contribution in [-0.4, -0.2) is 35.5 Å². The molecule has 0 spiro atoms. The highest BCUT2D eigenvalue weighted by Crippen LogP contribution is 2.35. The Hall–Kier alpha value is -2.50. The highest BCUT2D eigenvalue weighted by Gasteiger charge is 2.24. The Morgan fingerprint density at radius 1 is 0.861 bits per heavy atom. The Morgan fingerprint density at radius 2 is 1.42 bits per heavy atom. The molecule has 0 fully saturated rings. The van der Waals surface area contributed by atoms with Gasteiger partial charge in [-0.1, -0.05) is 53.0 Å². The first-order valence-corrected chi connectivity index (χ1v) is 14.8. The van der Waals surface area contributed by atoms with E-state index in [4.69, 9.17) is 34.8 Å². The average molecular weight is 591 g/mol. The summed E-state index contributed by atoms with van der Waals surface area (Å²) in [6.45, 7) is 2.99. The zero-order valence-corrected chi connectivity index (χ0v) is 23.2. The number of amides is 1. The van der Waals surface area contributed by atoms with Crippen LogP contribution < -0.4 is 14.3 Å². The first-order valence-electron chi connectivity index (χ1n) is 10.3. The van der Waals surface area contributed by atoms with E-state index in [1.54, 1.807) is 26.0 Å². The van der Waals surface area contributed by atoms with Crippen LogP contribution >= 0.6 is 34.8 Å². The molecule has 2 N–H and O–H groups in total. The van der Waals surface area contributed by atoms with Gasteiger partial charge >= 0.3 is 0 Å². The fourth-order valence-electron chi connectivity index (χ4n) is 3.30. The van der Waals surface area contributed by atoms with Crippen LogP contribution in [0, 0.1) is 13.8 Å². The molecular weight excluding hydrogens is 569 g/mol. The molecule has 1 amide bonds. The van der Waals surface area contributed by atoms with E-state index >= 15 is 0 Å². The number of para-hydroxylation sites is 1. The van der Waals surface area contributed by atoms with Gasteiger partial charge in [0, 0.05) is 5.69 Å². The minimum Gasteiger partial charge on any atom is -0.325 e. The summed E-state index contributed by atoms with van der Waals surface area (Å²) in [6.07, 6.45) is 0.919. The van der Waals surface area contributed by atoms with Crippen molar-refractivity contribution in [3.63, 3.8) is 0 Å². The van der Waals surface area contributed by atoms with Gasteiger partial charge in [0.05, 0.1) is 37.6 Å². The number of carbonyl (C=O) groups excluding carboxylic acids is 1. The van der Waals surface area contributed by atoms with Crippen LogP contribution in [0.5, 0.6) is 0 Å². The maximum absolute atomic E-state index is 12.8. The molecule has 192 valence electrons. The van der Waals surface area contributed by atoms with Gasteiger partial charge in [0.2, 0.25) is 15.9 Å². The molecular formula is C23H22Cl3N3O5S2. The summed E-state index contributed by atoms with van der Waals surface area (Å²) in [4.78, 5) is 12.6. The maximum Gasteiger partial charge on any atom is 0.261 e. The number of rotatable bonds is 8. The molecule has 0 saturated heterocycles. The summed E-state index contributed by atoms with van der Waals surface area (Å²) < 4.78 is 53.8. The Labute approximate surface area is 225 Å². The molecule has 13 heteroatoms. The molecule has 0 atom stereocenters. The molecule has 0 radical (unpaired) electrons. The molecule has 0 aliphatic rings. The lowest BCUT2D eigenvalue weighted by Gasteiger charge is -2.23. The number of sulfonamides is 2. The Morgan fingerprint density at radius 3 is 1.97 bits per heavy atom. The number of halogens is 3. The average Bonchev–Trinajstić information content (AvgIpc) is 2.77. The summed E-state index contributed by atoms with van der Waals surface area (Å²) in [5.41, 5.74) is 2.30. The Balaban J connectivity index is 1.77. The quantitative estimate of drug-likeness (QED) is 0.338. The number of carbonyl (C=O) groups is 1. The van der Waals surface area contributed by atoms with Crippen molar-refractivity contribution in [1.82, 2.24) is 0 Å². The highest BCUT2D eigenvalue weighted by molar-refractivity contribution is 7.92. The number of nitrogens with zero attached hydrogens (tertiary/aromatic N) is 1.